The lowest BCUT2D eigenvalue weighted by Gasteiger charge is -2.07. The normalized spacial score (nSPS) is 10.2. The van der Waals surface area contributed by atoms with Gasteiger partial charge in [0.05, 0.1) is 10.6 Å². The summed E-state index contributed by atoms with van der Waals surface area (Å²) >= 11 is 0. The highest BCUT2D eigenvalue weighted by Gasteiger charge is 2.15. The first-order valence-corrected chi connectivity index (χ1v) is 12.6. The predicted octanol–water partition coefficient (Wildman–Crippen LogP) is 6.46. The van der Waals surface area contributed by atoms with Crippen LogP contribution in [0.2, 0.25) is 0 Å². The van der Waals surface area contributed by atoms with E-state index in [1.165, 1.54) is 0 Å². The van der Waals surface area contributed by atoms with Crippen molar-refractivity contribution in [1.82, 2.24) is 0 Å². The van der Waals surface area contributed by atoms with Crippen LogP contribution in [0.4, 0.5) is 0 Å². The summed E-state index contributed by atoms with van der Waals surface area (Å²) in [6.07, 6.45) is 1.53. The number of carbonyl (C=O) groups is 1. The van der Waals surface area contributed by atoms with E-state index in [0.717, 1.165) is 23.1 Å². The fourth-order valence-corrected chi connectivity index (χ4v) is 4.28. The molecule has 0 spiro atoms. The number of ketones is 1. The van der Waals surface area contributed by atoms with Gasteiger partial charge >= 0.3 is 0 Å². The molecule has 0 saturated heterocycles. The van der Waals surface area contributed by atoms with Gasteiger partial charge in [0.25, 0.3) is 0 Å². The minimum absolute atomic E-state index is 0.0246. The Morgan fingerprint density at radius 2 is 1.13 bits per heavy atom. The maximum Gasteiger partial charge on any atom is 0.182 e. The van der Waals surface area contributed by atoms with Crippen molar-refractivity contribution < 1.29 is 13.2 Å². The largest absolute Gasteiger partial charge is 0.299 e. The molecule has 0 fully saturated rings. The van der Waals surface area contributed by atoms with E-state index in [1.807, 2.05) is 76.2 Å². The van der Waals surface area contributed by atoms with Gasteiger partial charge in [-0.1, -0.05) is 100 Å². The number of hydrogen-bond donors (Lipinski definition) is 0. The van der Waals surface area contributed by atoms with Gasteiger partial charge in [-0.25, -0.2) is 8.42 Å². The summed E-state index contributed by atoms with van der Waals surface area (Å²) in [7, 11) is -3.39. The number of aryl methyl sites for hydroxylation is 1. The van der Waals surface area contributed by atoms with Gasteiger partial charge in [0.2, 0.25) is 0 Å². The zero-order chi connectivity index (χ0) is 23.1. The summed E-state index contributed by atoms with van der Waals surface area (Å²) in [4.78, 5) is 12.5. The molecule has 0 atom stereocenters. The number of carbonyl (C=O) groups excluding carboxylic acids is 1. The van der Waals surface area contributed by atoms with Crippen molar-refractivity contribution in [3.8, 4) is 0 Å². The predicted molar refractivity (Wildman–Crippen MR) is 130 cm³/mol. The van der Waals surface area contributed by atoms with Crippen LogP contribution in [-0.4, -0.2) is 14.2 Å². The third-order valence-corrected chi connectivity index (χ3v) is 6.12. The van der Waals surface area contributed by atoms with Crippen LogP contribution in [0.15, 0.2) is 89.8 Å². The van der Waals surface area contributed by atoms with Crippen molar-refractivity contribution in [2.45, 2.75) is 57.6 Å². The van der Waals surface area contributed by atoms with Gasteiger partial charge in [-0.3, -0.25) is 4.79 Å². The van der Waals surface area contributed by atoms with E-state index in [-0.39, 0.29) is 16.4 Å². The highest BCUT2D eigenvalue weighted by atomic mass is 32.2. The average Bonchev–Trinajstić information content (AvgIpc) is 2.82. The third-order valence-electron chi connectivity index (χ3n) is 4.42. The summed E-state index contributed by atoms with van der Waals surface area (Å²) < 4.78 is 25.1. The molecule has 4 heteroatoms. The molecule has 3 rings (SSSR count). The number of sulfone groups is 1. The SMILES string of the molecule is CC.CC.O=C(CCc1ccccc1)Cc1ccc(S(=O)(=O)Cc2ccccc2)cc1. The smallest absolute Gasteiger partial charge is 0.182 e. The van der Waals surface area contributed by atoms with E-state index >= 15 is 0 Å². The molecule has 0 unspecified atom stereocenters. The van der Waals surface area contributed by atoms with Crippen molar-refractivity contribution in [1.29, 1.82) is 0 Å². The zero-order valence-corrected chi connectivity index (χ0v) is 19.9. The van der Waals surface area contributed by atoms with Gasteiger partial charge in [0, 0.05) is 12.8 Å². The van der Waals surface area contributed by atoms with Gasteiger partial charge in [-0.2, -0.15) is 0 Å². The summed E-state index contributed by atoms with van der Waals surface area (Å²) in [5.74, 6) is 0.127. The fraction of sp³-hybridized carbons (Fsp3) is 0.296. The molecule has 31 heavy (non-hydrogen) atoms. The first-order valence-electron chi connectivity index (χ1n) is 10.9. The van der Waals surface area contributed by atoms with E-state index in [0.29, 0.717) is 12.8 Å². The topological polar surface area (TPSA) is 51.2 Å². The van der Waals surface area contributed by atoms with Crippen molar-refractivity contribution in [2.24, 2.45) is 0 Å². The fourth-order valence-electron chi connectivity index (χ4n) is 2.94. The Kier molecular flexibility index (Phi) is 12.2. The van der Waals surface area contributed by atoms with Crippen LogP contribution >= 0.6 is 0 Å². The molecule has 0 radical (unpaired) electrons. The average molecular weight is 439 g/mol. The van der Waals surface area contributed by atoms with Gasteiger partial charge in [-0.15, -0.1) is 0 Å². The van der Waals surface area contributed by atoms with Crippen molar-refractivity contribution in [3.63, 3.8) is 0 Å². The van der Waals surface area contributed by atoms with Crippen molar-refractivity contribution in [3.05, 3.63) is 102 Å². The molecule has 0 saturated carbocycles. The first kappa shape index (κ1) is 26.3. The summed E-state index contributed by atoms with van der Waals surface area (Å²) in [5, 5.41) is 0. The van der Waals surface area contributed by atoms with Crippen LogP contribution in [0.1, 0.15) is 50.8 Å². The highest BCUT2D eigenvalue weighted by molar-refractivity contribution is 7.90. The van der Waals surface area contributed by atoms with E-state index < -0.39 is 9.84 Å². The molecule has 0 aliphatic heterocycles. The molecule has 0 aliphatic rings. The monoisotopic (exact) mass is 438 g/mol. The second-order valence-electron chi connectivity index (χ2n) is 6.59. The van der Waals surface area contributed by atoms with Crippen LogP contribution in [0.5, 0.6) is 0 Å². The second-order valence-corrected chi connectivity index (χ2v) is 8.58. The van der Waals surface area contributed by atoms with Crippen LogP contribution < -0.4 is 0 Å². The Morgan fingerprint density at radius 1 is 0.645 bits per heavy atom. The minimum Gasteiger partial charge on any atom is -0.299 e. The third kappa shape index (κ3) is 9.31. The van der Waals surface area contributed by atoms with Crippen LogP contribution in [0.25, 0.3) is 0 Å². The van der Waals surface area contributed by atoms with Crippen molar-refractivity contribution in [2.75, 3.05) is 0 Å². The first-order chi connectivity index (χ1) is 15.0. The van der Waals surface area contributed by atoms with Crippen LogP contribution in [0, 0.1) is 0 Å². The van der Waals surface area contributed by atoms with Crippen LogP contribution in [-0.2, 0) is 33.2 Å². The van der Waals surface area contributed by atoms with E-state index in [1.54, 1.807) is 36.4 Å². The number of rotatable bonds is 8. The van der Waals surface area contributed by atoms with E-state index in [4.69, 9.17) is 0 Å². The van der Waals surface area contributed by atoms with E-state index in [9.17, 15) is 13.2 Å². The number of benzene rings is 3. The van der Waals surface area contributed by atoms with Gasteiger partial charge < -0.3 is 0 Å². The second kappa shape index (κ2) is 14.3. The molecule has 166 valence electrons. The highest BCUT2D eigenvalue weighted by Crippen LogP contribution is 2.18. The summed E-state index contributed by atoms with van der Waals surface area (Å²) in [6.45, 7) is 8.00. The summed E-state index contributed by atoms with van der Waals surface area (Å²) in [5.41, 5.74) is 2.75. The maximum absolute atomic E-state index is 12.5. The molecule has 0 bridgehead atoms. The van der Waals surface area contributed by atoms with Gasteiger partial charge in [0.15, 0.2) is 9.84 Å². The quantitative estimate of drug-likeness (QED) is 0.406. The molecule has 3 aromatic rings. The minimum atomic E-state index is -3.39. The Bertz CT molecular complexity index is 978. The van der Waals surface area contributed by atoms with Crippen molar-refractivity contribution >= 4 is 15.6 Å². The van der Waals surface area contributed by atoms with Gasteiger partial charge in [-0.05, 0) is 35.2 Å². The number of Topliss-reactive ketones (excluding diaryl/α,β-unsaturated/α-hetero) is 1. The standard InChI is InChI=1S/C23H22O3S.2C2H6/c24-22(14-11-19-7-3-1-4-8-19)17-20-12-15-23(16-13-20)27(25,26)18-21-9-5-2-6-10-21;2*1-2/h1-10,12-13,15-16H,11,14,17-18H2;2*1-2H3. The molecule has 0 aliphatic carbocycles. The molecule has 0 N–H and O–H groups in total. The Balaban J connectivity index is 0.00000113. The Hall–Kier alpha value is -2.72. The molecular weight excluding hydrogens is 404 g/mol. The Morgan fingerprint density at radius 3 is 1.65 bits per heavy atom. The zero-order valence-electron chi connectivity index (χ0n) is 19.0. The molecule has 0 aromatic heterocycles. The lowest BCUT2D eigenvalue weighted by atomic mass is 10.0. The van der Waals surface area contributed by atoms with E-state index in [2.05, 4.69) is 0 Å². The lowest BCUT2D eigenvalue weighted by Crippen LogP contribution is -2.07. The molecule has 0 amide bonds. The van der Waals surface area contributed by atoms with Gasteiger partial charge in [0.1, 0.15) is 5.78 Å². The lowest BCUT2D eigenvalue weighted by molar-refractivity contribution is -0.118. The Labute approximate surface area is 188 Å². The maximum atomic E-state index is 12.5. The number of hydrogen-bond acceptors (Lipinski definition) is 3. The summed E-state index contributed by atoms with van der Waals surface area (Å²) in [6, 6.07) is 25.7. The molecule has 0 heterocycles. The molecule has 3 aromatic carbocycles. The van der Waals surface area contributed by atoms with Crippen LogP contribution in [0.3, 0.4) is 0 Å². The molecule has 3 nitrogen and oxygen atoms in total. The molecular formula is C27H34O3S.